The predicted molar refractivity (Wildman–Crippen MR) is 159 cm³/mol. The quantitative estimate of drug-likeness (QED) is 0.298. The second kappa shape index (κ2) is 11.5. The summed E-state index contributed by atoms with van der Waals surface area (Å²) in [4.78, 5) is 14.9. The highest BCUT2D eigenvalue weighted by Crippen LogP contribution is 2.49. The lowest BCUT2D eigenvalue weighted by Crippen LogP contribution is -2.39. The molecule has 0 saturated carbocycles. The number of hydrogen-bond acceptors (Lipinski definition) is 5. The first kappa shape index (κ1) is 29.7. The van der Waals surface area contributed by atoms with E-state index >= 15 is 0 Å². The van der Waals surface area contributed by atoms with Crippen LogP contribution in [0.15, 0.2) is 81.7 Å². The first-order valence-electron chi connectivity index (χ1n) is 13.2. The SMILES string of the molecule is Cc1cc(C)c(C2C(C#N)=C(N)N(c3cc(C(F)(F)F)ccc3Cl)C3=C2C(=O)CCC3)cc1COc1ccccc1Br. The van der Waals surface area contributed by atoms with Crippen LogP contribution < -0.4 is 15.4 Å². The molecule has 216 valence electrons. The van der Waals surface area contributed by atoms with E-state index in [1.165, 1.54) is 4.90 Å². The molecule has 1 aliphatic carbocycles. The Morgan fingerprint density at radius 3 is 2.55 bits per heavy atom. The highest BCUT2D eigenvalue weighted by molar-refractivity contribution is 9.10. The maximum absolute atomic E-state index is 13.7. The molecule has 10 heteroatoms. The number of aryl methyl sites for hydroxylation is 2. The number of nitrogens with zero attached hydrogens (tertiary/aromatic N) is 2. The maximum atomic E-state index is 13.7. The molecule has 1 atom stereocenters. The van der Waals surface area contributed by atoms with Crippen LogP contribution in [-0.4, -0.2) is 5.78 Å². The van der Waals surface area contributed by atoms with Crippen molar-refractivity contribution in [1.29, 1.82) is 5.26 Å². The number of carbonyl (C=O) groups is 1. The number of benzene rings is 3. The molecule has 1 unspecified atom stereocenters. The minimum absolute atomic E-state index is 0.0181. The molecule has 0 saturated heterocycles. The number of anilines is 1. The van der Waals surface area contributed by atoms with Gasteiger partial charge in [0.25, 0.3) is 0 Å². The summed E-state index contributed by atoms with van der Waals surface area (Å²) in [5, 5.41) is 10.4. The van der Waals surface area contributed by atoms with Crippen LogP contribution in [0.4, 0.5) is 18.9 Å². The van der Waals surface area contributed by atoms with Crippen LogP contribution >= 0.6 is 27.5 Å². The molecule has 0 spiro atoms. The summed E-state index contributed by atoms with van der Waals surface area (Å²) < 4.78 is 47.9. The number of rotatable bonds is 5. The Hall–Kier alpha value is -3.74. The zero-order chi connectivity index (χ0) is 30.3. The molecule has 0 fully saturated rings. The number of hydrogen-bond donors (Lipinski definition) is 1. The van der Waals surface area contributed by atoms with Crippen molar-refractivity contribution in [1.82, 2.24) is 0 Å². The summed E-state index contributed by atoms with van der Waals surface area (Å²) in [7, 11) is 0. The fourth-order valence-corrected chi connectivity index (χ4v) is 6.23. The number of nitriles is 1. The summed E-state index contributed by atoms with van der Waals surface area (Å²) in [6.07, 6.45) is -3.50. The van der Waals surface area contributed by atoms with Gasteiger partial charge in [-0.15, -0.1) is 0 Å². The molecule has 2 aliphatic rings. The molecule has 1 aliphatic heterocycles. The van der Waals surface area contributed by atoms with Crippen molar-refractivity contribution >= 4 is 39.0 Å². The molecular formula is C32H26BrClF3N3O2. The Kier molecular flexibility index (Phi) is 8.15. The zero-order valence-corrected chi connectivity index (χ0v) is 25.1. The summed E-state index contributed by atoms with van der Waals surface area (Å²) in [5.74, 6) is -0.357. The second-order valence-corrected chi connectivity index (χ2v) is 11.6. The lowest BCUT2D eigenvalue weighted by molar-refractivity contribution is -0.137. The van der Waals surface area contributed by atoms with Gasteiger partial charge in [0.05, 0.1) is 38.3 Å². The van der Waals surface area contributed by atoms with Gasteiger partial charge in [-0.2, -0.15) is 18.4 Å². The van der Waals surface area contributed by atoms with E-state index in [9.17, 15) is 23.2 Å². The van der Waals surface area contributed by atoms with E-state index in [1.807, 2.05) is 50.2 Å². The third-order valence-electron chi connectivity index (χ3n) is 7.68. The summed E-state index contributed by atoms with van der Waals surface area (Å²) in [5.41, 5.74) is 9.94. The molecule has 1 heterocycles. The van der Waals surface area contributed by atoms with Crippen molar-refractivity contribution in [2.45, 2.75) is 51.8 Å². The Morgan fingerprint density at radius 2 is 1.86 bits per heavy atom. The molecule has 0 amide bonds. The zero-order valence-electron chi connectivity index (χ0n) is 22.8. The molecule has 5 rings (SSSR count). The van der Waals surface area contributed by atoms with Crippen LogP contribution in [0.5, 0.6) is 5.75 Å². The lowest BCUT2D eigenvalue weighted by atomic mass is 9.74. The van der Waals surface area contributed by atoms with Crippen LogP contribution in [0, 0.1) is 25.2 Å². The average molecular weight is 657 g/mol. The van der Waals surface area contributed by atoms with E-state index in [0.717, 1.165) is 39.4 Å². The Morgan fingerprint density at radius 1 is 1.12 bits per heavy atom. The maximum Gasteiger partial charge on any atom is 0.416 e. The Bertz CT molecular complexity index is 1710. The molecular weight excluding hydrogens is 631 g/mol. The first-order chi connectivity index (χ1) is 19.9. The van der Waals surface area contributed by atoms with Gasteiger partial charge >= 0.3 is 6.18 Å². The van der Waals surface area contributed by atoms with Gasteiger partial charge in [0.1, 0.15) is 18.2 Å². The van der Waals surface area contributed by atoms with Crippen LogP contribution in [-0.2, 0) is 17.6 Å². The second-order valence-electron chi connectivity index (χ2n) is 10.3. The number of alkyl halides is 3. The van der Waals surface area contributed by atoms with E-state index in [2.05, 4.69) is 22.0 Å². The fraction of sp³-hybridized carbons (Fsp3) is 0.250. The molecule has 5 nitrogen and oxygen atoms in total. The fourth-order valence-electron chi connectivity index (χ4n) is 5.63. The van der Waals surface area contributed by atoms with Crippen molar-refractivity contribution in [2.24, 2.45) is 5.73 Å². The van der Waals surface area contributed by atoms with Crippen LogP contribution in [0.3, 0.4) is 0 Å². The number of para-hydroxylation sites is 1. The largest absolute Gasteiger partial charge is 0.488 e. The monoisotopic (exact) mass is 655 g/mol. The lowest BCUT2D eigenvalue weighted by Gasteiger charge is -2.40. The molecule has 3 aromatic rings. The highest BCUT2D eigenvalue weighted by atomic mass is 79.9. The number of ether oxygens (including phenoxy) is 1. The smallest absolute Gasteiger partial charge is 0.416 e. The minimum atomic E-state index is -4.62. The van der Waals surface area contributed by atoms with Crippen LogP contribution in [0.2, 0.25) is 5.02 Å². The standard InChI is InChI=1S/C32H26BrClF3N3O2/c1-17-12-18(2)21(13-19(17)16-42-28-9-4-3-6-23(28)33)29-22(15-38)31(39)40(25-7-5-8-27(41)30(25)29)26-14-20(32(35,36)37)10-11-24(26)34/h3-4,6,9-14,29H,5,7-8,16,39H2,1-2H3. The van der Waals surface area contributed by atoms with E-state index < -0.39 is 17.7 Å². The molecule has 2 N–H and O–H groups in total. The summed E-state index contributed by atoms with van der Waals surface area (Å²) >= 11 is 9.91. The number of allylic oxidation sites excluding steroid dienone is 3. The van der Waals surface area contributed by atoms with Crippen LogP contribution in [0.25, 0.3) is 0 Å². The average Bonchev–Trinajstić information content (AvgIpc) is 2.93. The van der Waals surface area contributed by atoms with Gasteiger partial charge in [0, 0.05) is 17.7 Å². The van der Waals surface area contributed by atoms with Gasteiger partial charge in [-0.25, -0.2) is 0 Å². The van der Waals surface area contributed by atoms with Crippen LogP contribution in [0.1, 0.15) is 53.0 Å². The summed E-state index contributed by atoms with van der Waals surface area (Å²) in [6, 6.07) is 16.5. The minimum Gasteiger partial charge on any atom is -0.488 e. The van der Waals surface area contributed by atoms with E-state index in [-0.39, 0.29) is 40.9 Å². The topological polar surface area (TPSA) is 79.4 Å². The number of ketones is 1. The van der Waals surface area contributed by atoms with E-state index in [1.54, 1.807) is 0 Å². The van der Waals surface area contributed by atoms with Crippen molar-refractivity contribution in [3.05, 3.63) is 115 Å². The molecule has 3 aromatic carbocycles. The van der Waals surface area contributed by atoms with Crippen molar-refractivity contribution in [3.63, 3.8) is 0 Å². The number of halogens is 5. The summed E-state index contributed by atoms with van der Waals surface area (Å²) in [6.45, 7) is 4.09. The van der Waals surface area contributed by atoms with E-state index in [4.69, 9.17) is 22.1 Å². The third kappa shape index (κ3) is 5.41. The van der Waals surface area contributed by atoms with E-state index in [0.29, 0.717) is 35.4 Å². The third-order valence-corrected chi connectivity index (χ3v) is 8.66. The van der Waals surface area contributed by atoms with Crippen molar-refractivity contribution in [3.8, 4) is 11.8 Å². The van der Waals surface area contributed by atoms with Gasteiger partial charge in [-0.3, -0.25) is 9.69 Å². The van der Waals surface area contributed by atoms with Gasteiger partial charge in [0.15, 0.2) is 5.78 Å². The number of Topliss-reactive ketones (excluding diaryl/α,β-unsaturated/α-hetero) is 1. The molecule has 0 bridgehead atoms. The van der Waals surface area contributed by atoms with Gasteiger partial charge in [-0.05, 0) is 95.2 Å². The highest BCUT2D eigenvalue weighted by Gasteiger charge is 2.42. The molecule has 0 radical (unpaired) electrons. The predicted octanol–water partition coefficient (Wildman–Crippen LogP) is 8.62. The molecule has 0 aromatic heterocycles. The Labute approximate surface area is 255 Å². The van der Waals surface area contributed by atoms with Gasteiger partial charge in [-0.1, -0.05) is 35.9 Å². The number of nitrogens with two attached hydrogens (primary N) is 1. The first-order valence-corrected chi connectivity index (χ1v) is 14.4. The van der Waals surface area contributed by atoms with Gasteiger partial charge in [0.2, 0.25) is 0 Å². The molecule has 42 heavy (non-hydrogen) atoms. The van der Waals surface area contributed by atoms with Crippen molar-refractivity contribution < 1.29 is 22.7 Å². The van der Waals surface area contributed by atoms with Gasteiger partial charge < -0.3 is 10.5 Å². The Balaban J connectivity index is 1.66. The normalized spacial score (nSPS) is 17.3. The van der Waals surface area contributed by atoms with Crippen molar-refractivity contribution in [2.75, 3.05) is 4.90 Å². The number of carbonyl (C=O) groups excluding carboxylic acids is 1.